The Morgan fingerprint density at radius 1 is 0.792 bits per heavy atom. The van der Waals surface area contributed by atoms with Crippen molar-refractivity contribution in [3.05, 3.63) is 65.2 Å². The molecule has 0 heterocycles. The van der Waals surface area contributed by atoms with E-state index in [1.165, 1.54) is 36.4 Å². The second-order valence-electron chi connectivity index (χ2n) is 5.56. The largest absolute Gasteiger partial charge is 0.508 e. The van der Waals surface area contributed by atoms with Gasteiger partial charge in [-0.05, 0) is 54.0 Å². The first kappa shape index (κ1) is 17.3. The van der Waals surface area contributed by atoms with E-state index in [0.717, 1.165) is 5.56 Å². The van der Waals surface area contributed by atoms with Crippen molar-refractivity contribution in [2.75, 3.05) is 0 Å². The van der Waals surface area contributed by atoms with Gasteiger partial charge in [0.2, 0.25) is 0 Å². The van der Waals surface area contributed by atoms with Crippen molar-refractivity contribution in [3.63, 3.8) is 0 Å². The van der Waals surface area contributed by atoms with Gasteiger partial charge < -0.3 is 15.3 Å². The lowest BCUT2D eigenvalue weighted by Gasteiger charge is -2.02. The third-order valence-corrected chi connectivity index (χ3v) is 3.53. The summed E-state index contributed by atoms with van der Waals surface area (Å²) in [5, 5.41) is 28.2. The van der Waals surface area contributed by atoms with Gasteiger partial charge in [-0.3, -0.25) is 9.59 Å². The molecule has 2 aromatic carbocycles. The summed E-state index contributed by atoms with van der Waals surface area (Å²) in [4.78, 5) is 23.7. The number of phenolic OH excluding ortho intramolecular Hbond substituents is 3. The summed E-state index contributed by atoms with van der Waals surface area (Å²) >= 11 is 0. The van der Waals surface area contributed by atoms with Crippen molar-refractivity contribution in [1.29, 1.82) is 0 Å². The van der Waals surface area contributed by atoms with E-state index in [0.29, 0.717) is 11.1 Å². The Balaban J connectivity index is 1.93. The van der Waals surface area contributed by atoms with E-state index in [1.54, 1.807) is 19.1 Å². The quantitative estimate of drug-likeness (QED) is 0.560. The highest BCUT2D eigenvalue weighted by Crippen LogP contribution is 2.25. The number of ketones is 2. The number of hydrogen-bond donors (Lipinski definition) is 3. The van der Waals surface area contributed by atoms with Gasteiger partial charge in [-0.2, -0.15) is 0 Å². The first-order valence-corrected chi connectivity index (χ1v) is 7.38. The van der Waals surface area contributed by atoms with Gasteiger partial charge >= 0.3 is 0 Å². The van der Waals surface area contributed by atoms with Gasteiger partial charge in [0, 0.05) is 12.8 Å². The van der Waals surface area contributed by atoms with E-state index < -0.39 is 0 Å². The summed E-state index contributed by atoms with van der Waals surface area (Å²) in [5.41, 5.74) is 1.94. The molecule has 5 heteroatoms. The molecule has 0 aliphatic carbocycles. The molecule has 124 valence electrons. The number of carbonyl (C=O) groups is 2. The van der Waals surface area contributed by atoms with Crippen LogP contribution in [0.1, 0.15) is 16.7 Å². The number of rotatable bonds is 6. The second-order valence-corrected chi connectivity index (χ2v) is 5.56. The number of benzene rings is 2. The summed E-state index contributed by atoms with van der Waals surface area (Å²) in [6.07, 6.45) is 2.51. The molecule has 0 aliphatic rings. The Morgan fingerprint density at radius 2 is 1.29 bits per heavy atom. The predicted molar refractivity (Wildman–Crippen MR) is 89.2 cm³/mol. The molecule has 2 aromatic rings. The minimum absolute atomic E-state index is 0.0168. The summed E-state index contributed by atoms with van der Waals surface area (Å²) in [7, 11) is 0. The molecule has 0 saturated carbocycles. The molecular weight excluding hydrogens is 308 g/mol. The predicted octanol–water partition coefficient (Wildman–Crippen LogP) is 2.59. The van der Waals surface area contributed by atoms with Crippen LogP contribution in [-0.4, -0.2) is 26.9 Å². The van der Waals surface area contributed by atoms with Gasteiger partial charge in [-0.15, -0.1) is 0 Å². The first-order chi connectivity index (χ1) is 11.3. The number of phenols is 3. The average Bonchev–Trinajstić information content (AvgIpc) is 2.53. The maximum Gasteiger partial charge on any atom is 0.160 e. The minimum Gasteiger partial charge on any atom is -0.508 e. The average molecular weight is 326 g/mol. The molecule has 0 atom stereocenters. The lowest BCUT2D eigenvalue weighted by molar-refractivity contribution is -0.116. The van der Waals surface area contributed by atoms with Crippen LogP contribution < -0.4 is 0 Å². The van der Waals surface area contributed by atoms with Crippen molar-refractivity contribution < 1.29 is 24.9 Å². The SMILES string of the molecule is Cc1ccc(CC(=O)/C=C\C(=O)Cc2ccc(O)c(O)c2)cc1O. The van der Waals surface area contributed by atoms with E-state index in [4.69, 9.17) is 0 Å². The minimum atomic E-state index is -0.292. The van der Waals surface area contributed by atoms with Crippen LogP contribution in [0.3, 0.4) is 0 Å². The number of hydrogen-bond acceptors (Lipinski definition) is 5. The Bertz CT molecular complexity index is 738. The zero-order valence-corrected chi connectivity index (χ0v) is 13.2. The van der Waals surface area contributed by atoms with Crippen LogP contribution in [0.25, 0.3) is 0 Å². The van der Waals surface area contributed by atoms with Crippen LogP contribution in [0.5, 0.6) is 17.2 Å². The van der Waals surface area contributed by atoms with Crippen molar-refractivity contribution in [2.45, 2.75) is 19.8 Å². The van der Waals surface area contributed by atoms with Crippen molar-refractivity contribution in [2.24, 2.45) is 0 Å². The molecule has 24 heavy (non-hydrogen) atoms. The van der Waals surface area contributed by atoms with Crippen LogP contribution >= 0.6 is 0 Å². The third kappa shape index (κ3) is 4.71. The molecule has 0 unspecified atom stereocenters. The third-order valence-electron chi connectivity index (χ3n) is 3.53. The van der Waals surface area contributed by atoms with Crippen LogP contribution in [0, 0.1) is 6.92 Å². The fourth-order valence-corrected chi connectivity index (χ4v) is 2.15. The smallest absolute Gasteiger partial charge is 0.160 e. The standard InChI is InChI=1S/C19H18O5/c1-12-2-3-13(10-18(12)23)8-15(20)5-6-16(21)9-14-4-7-17(22)19(24)11-14/h2-7,10-11,22-24H,8-9H2,1H3/b6-5-. The maximum atomic E-state index is 11.9. The molecule has 0 aliphatic heterocycles. The summed E-state index contributed by atoms with van der Waals surface area (Å²) in [6, 6.07) is 9.14. The van der Waals surface area contributed by atoms with E-state index in [1.807, 2.05) is 0 Å². The Labute approximate surface area is 139 Å². The van der Waals surface area contributed by atoms with E-state index >= 15 is 0 Å². The lowest BCUT2D eigenvalue weighted by atomic mass is 10.0. The number of aryl methyl sites for hydroxylation is 1. The number of carbonyl (C=O) groups excluding carboxylic acids is 2. The highest BCUT2D eigenvalue weighted by Gasteiger charge is 2.06. The zero-order chi connectivity index (χ0) is 17.7. The van der Waals surface area contributed by atoms with Gasteiger partial charge in [0.15, 0.2) is 23.1 Å². The molecule has 0 aromatic heterocycles. The topological polar surface area (TPSA) is 94.8 Å². The van der Waals surface area contributed by atoms with E-state index in [9.17, 15) is 24.9 Å². The lowest BCUT2D eigenvalue weighted by Crippen LogP contribution is -2.02. The molecule has 5 nitrogen and oxygen atoms in total. The van der Waals surface area contributed by atoms with Gasteiger partial charge in [-0.1, -0.05) is 18.2 Å². The molecule has 0 amide bonds. The van der Waals surface area contributed by atoms with E-state index in [2.05, 4.69) is 0 Å². The van der Waals surface area contributed by atoms with Crippen molar-refractivity contribution >= 4 is 11.6 Å². The number of aromatic hydroxyl groups is 3. The summed E-state index contributed by atoms with van der Waals surface area (Å²) < 4.78 is 0. The molecule has 2 rings (SSSR count). The van der Waals surface area contributed by atoms with Crippen LogP contribution in [0.4, 0.5) is 0 Å². The Morgan fingerprint density at radius 3 is 1.79 bits per heavy atom. The Kier molecular flexibility index (Phi) is 5.37. The Hall–Kier alpha value is -3.08. The monoisotopic (exact) mass is 326 g/mol. The molecule has 0 fully saturated rings. The van der Waals surface area contributed by atoms with Gasteiger partial charge in [0.25, 0.3) is 0 Å². The fraction of sp³-hybridized carbons (Fsp3) is 0.158. The van der Waals surface area contributed by atoms with E-state index in [-0.39, 0.29) is 41.7 Å². The van der Waals surface area contributed by atoms with Crippen LogP contribution in [-0.2, 0) is 22.4 Å². The highest BCUT2D eigenvalue weighted by atomic mass is 16.3. The van der Waals surface area contributed by atoms with Crippen molar-refractivity contribution in [1.82, 2.24) is 0 Å². The van der Waals surface area contributed by atoms with Gasteiger partial charge in [-0.25, -0.2) is 0 Å². The maximum absolute atomic E-state index is 11.9. The molecule has 3 N–H and O–H groups in total. The highest BCUT2D eigenvalue weighted by molar-refractivity contribution is 6.00. The van der Waals surface area contributed by atoms with Crippen LogP contribution in [0.15, 0.2) is 48.6 Å². The fourth-order valence-electron chi connectivity index (χ4n) is 2.15. The summed E-state index contributed by atoms with van der Waals surface area (Å²) in [5.74, 6) is -0.953. The first-order valence-electron chi connectivity index (χ1n) is 7.38. The molecule has 0 spiro atoms. The molecule has 0 bridgehead atoms. The van der Waals surface area contributed by atoms with Crippen LogP contribution in [0.2, 0.25) is 0 Å². The normalized spacial score (nSPS) is 10.9. The van der Waals surface area contributed by atoms with Crippen molar-refractivity contribution in [3.8, 4) is 17.2 Å². The molecule has 0 saturated heterocycles. The zero-order valence-electron chi connectivity index (χ0n) is 13.2. The van der Waals surface area contributed by atoms with Gasteiger partial charge in [0.1, 0.15) is 5.75 Å². The molecule has 0 radical (unpaired) electrons. The number of allylic oxidation sites excluding steroid dienone is 2. The van der Waals surface area contributed by atoms with Gasteiger partial charge in [0.05, 0.1) is 0 Å². The summed E-state index contributed by atoms with van der Waals surface area (Å²) in [6.45, 7) is 1.76. The molecular formula is C19H18O5. The second kappa shape index (κ2) is 7.46.